The zero-order chi connectivity index (χ0) is 22.4. The number of nitrogens with two attached hydrogens (primary N) is 1. The van der Waals surface area contributed by atoms with Crippen LogP contribution in [0.2, 0.25) is 0 Å². The molecular weight excluding hydrogens is 414 g/mol. The molecule has 2 aliphatic rings. The summed E-state index contributed by atoms with van der Waals surface area (Å²) in [6.45, 7) is 0.840. The number of anilines is 1. The lowest BCUT2D eigenvalue weighted by Crippen LogP contribution is -2.39. The summed E-state index contributed by atoms with van der Waals surface area (Å²) in [7, 11) is 0. The predicted molar refractivity (Wildman–Crippen MR) is 128 cm³/mol. The van der Waals surface area contributed by atoms with E-state index in [1.807, 2.05) is 59.5 Å². The van der Waals surface area contributed by atoms with Gasteiger partial charge in [0.15, 0.2) is 11.5 Å². The Bertz CT molecular complexity index is 1390. The van der Waals surface area contributed by atoms with Crippen LogP contribution in [0.5, 0.6) is 11.5 Å². The van der Waals surface area contributed by atoms with Gasteiger partial charge in [0.05, 0.1) is 6.04 Å². The van der Waals surface area contributed by atoms with Crippen molar-refractivity contribution in [3.63, 3.8) is 0 Å². The van der Waals surface area contributed by atoms with Crippen LogP contribution in [-0.4, -0.2) is 29.1 Å². The van der Waals surface area contributed by atoms with Gasteiger partial charge in [-0.05, 0) is 59.5 Å². The highest BCUT2D eigenvalue weighted by atomic mass is 16.7. The molecule has 0 saturated carbocycles. The van der Waals surface area contributed by atoms with Gasteiger partial charge in [-0.3, -0.25) is 4.79 Å². The molecule has 0 radical (unpaired) electrons. The third-order valence-corrected chi connectivity index (χ3v) is 6.38. The van der Waals surface area contributed by atoms with Gasteiger partial charge in [-0.1, -0.05) is 36.4 Å². The van der Waals surface area contributed by atoms with Crippen LogP contribution < -0.4 is 15.2 Å². The second kappa shape index (κ2) is 7.74. The van der Waals surface area contributed by atoms with E-state index in [1.54, 1.807) is 6.08 Å². The SMILES string of the molecule is Nc1ccc(C=CC(=O)N2CCc3c([nH]c4ccccc34)C2c2ccc3c(c2)OCO3)cc1. The molecule has 6 nitrogen and oxygen atoms in total. The second-order valence-corrected chi connectivity index (χ2v) is 8.36. The lowest BCUT2D eigenvalue weighted by Gasteiger charge is -2.35. The van der Waals surface area contributed by atoms with E-state index >= 15 is 0 Å². The highest BCUT2D eigenvalue weighted by Gasteiger charge is 2.34. The maximum absolute atomic E-state index is 13.4. The number of nitrogen functional groups attached to an aromatic ring is 1. The van der Waals surface area contributed by atoms with E-state index in [0.717, 1.165) is 34.5 Å². The van der Waals surface area contributed by atoms with Gasteiger partial charge in [0, 0.05) is 34.9 Å². The first-order valence-corrected chi connectivity index (χ1v) is 11.0. The molecule has 3 heterocycles. The molecule has 4 aromatic rings. The fourth-order valence-corrected chi connectivity index (χ4v) is 4.78. The molecule has 6 heteroatoms. The maximum Gasteiger partial charge on any atom is 0.247 e. The summed E-state index contributed by atoms with van der Waals surface area (Å²) in [6, 6.07) is 21.4. The minimum absolute atomic E-state index is 0.0428. The number of rotatable bonds is 3. The third kappa shape index (κ3) is 3.40. The van der Waals surface area contributed by atoms with Crippen LogP contribution in [0, 0.1) is 0 Å². The average Bonchev–Trinajstić information content (AvgIpc) is 3.46. The number of nitrogens with zero attached hydrogens (tertiary/aromatic N) is 1. The number of carbonyl (C=O) groups excluding carboxylic acids is 1. The molecule has 1 amide bonds. The first-order valence-electron chi connectivity index (χ1n) is 11.0. The molecule has 3 aromatic carbocycles. The number of benzene rings is 3. The number of hydrogen-bond donors (Lipinski definition) is 2. The topological polar surface area (TPSA) is 80.6 Å². The van der Waals surface area contributed by atoms with Crippen LogP contribution in [0.25, 0.3) is 17.0 Å². The van der Waals surface area contributed by atoms with Crippen LogP contribution in [0.1, 0.15) is 28.4 Å². The zero-order valence-electron chi connectivity index (χ0n) is 18.0. The maximum atomic E-state index is 13.4. The molecule has 164 valence electrons. The van der Waals surface area contributed by atoms with Crippen LogP contribution in [0.15, 0.2) is 72.8 Å². The molecule has 3 N–H and O–H groups in total. The first kappa shape index (κ1) is 19.5. The summed E-state index contributed by atoms with van der Waals surface area (Å²) in [5.74, 6) is 1.40. The molecule has 2 aliphatic heterocycles. The second-order valence-electron chi connectivity index (χ2n) is 8.36. The van der Waals surface area contributed by atoms with E-state index in [0.29, 0.717) is 18.0 Å². The number of H-pyrrole nitrogens is 1. The molecule has 1 unspecified atom stereocenters. The largest absolute Gasteiger partial charge is 0.454 e. The van der Waals surface area contributed by atoms with Crippen molar-refractivity contribution in [3.8, 4) is 11.5 Å². The molecule has 0 aliphatic carbocycles. The number of fused-ring (bicyclic) bond motifs is 4. The minimum atomic E-state index is -0.251. The van der Waals surface area contributed by atoms with Gasteiger partial charge in [-0.15, -0.1) is 0 Å². The summed E-state index contributed by atoms with van der Waals surface area (Å²) in [6.07, 6.45) is 4.26. The van der Waals surface area contributed by atoms with Crippen molar-refractivity contribution in [2.75, 3.05) is 19.1 Å². The fourth-order valence-electron chi connectivity index (χ4n) is 4.78. The number of nitrogens with one attached hydrogen (secondary N) is 1. The number of aromatic amines is 1. The molecular formula is C27H23N3O3. The van der Waals surface area contributed by atoms with E-state index in [-0.39, 0.29) is 18.7 Å². The Balaban J connectivity index is 1.42. The van der Waals surface area contributed by atoms with Crippen molar-refractivity contribution < 1.29 is 14.3 Å². The summed E-state index contributed by atoms with van der Waals surface area (Å²) in [5.41, 5.74) is 11.8. The number of para-hydroxylation sites is 1. The standard InChI is InChI=1S/C27H23N3O3/c28-19-9-5-17(6-10-19)7-12-25(31)30-14-13-21-20-3-1-2-4-22(20)29-26(21)27(30)18-8-11-23-24(15-18)33-16-32-23/h1-12,15,27,29H,13-14,16,28H2. The molecule has 0 bridgehead atoms. The quantitative estimate of drug-likeness (QED) is 0.361. The highest BCUT2D eigenvalue weighted by Crippen LogP contribution is 2.42. The Morgan fingerprint density at radius 2 is 1.85 bits per heavy atom. The van der Waals surface area contributed by atoms with Gasteiger partial charge >= 0.3 is 0 Å². The molecule has 0 fully saturated rings. The van der Waals surface area contributed by atoms with Crippen LogP contribution >= 0.6 is 0 Å². The van der Waals surface area contributed by atoms with Crippen LogP contribution in [0.4, 0.5) is 5.69 Å². The van der Waals surface area contributed by atoms with E-state index in [9.17, 15) is 4.79 Å². The van der Waals surface area contributed by atoms with Gasteiger partial charge in [0.25, 0.3) is 0 Å². The Labute approximate surface area is 191 Å². The Kier molecular flexibility index (Phi) is 4.57. The van der Waals surface area contributed by atoms with Crippen molar-refractivity contribution in [3.05, 3.63) is 95.2 Å². The Morgan fingerprint density at radius 1 is 1.03 bits per heavy atom. The number of amides is 1. The molecule has 0 spiro atoms. The summed E-state index contributed by atoms with van der Waals surface area (Å²) in [5, 5.41) is 1.21. The van der Waals surface area contributed by atoms with Crippen LogP contribution in [0.3, 0.4) is 0 Å². The summed E-state index contributed by atoms with van der Waals surface area (Å²) >= 11 is 0. The van der Waals surface area contributed by atoms with Crippen LogP contribution in [-0.2, 0) is 11.2 Å². The Morgan fingerprint density at radius 3 is 2.73 bits per heavy atom. The molecule has 1 aromatic heterocycles. The average molecular weight is 437 g/mol. The molecule has 1 atom stereocenters. The zero-order valence-corrected chi connectivity index (χ0v) is 18.0. The lowest BCUT2D eigenvalue weighted by atomic mass is 9.92. The Hall–Kier alpha value is -4.19. The van der Waals surface area contributed by atoms with E-state index in [4.69, 9.17) is 15.2 Å². The number of hydrogen-bond acceptors (Lipinski definition) is 4. The number of ether oxygens (including phenoxy) is 2. The lowest BCUT2D eigenvalue weighted by molar-refractivity contribution is -0.128. The molecule has 33 heavy (non-hydrogen) atoms. The number of carbonyl (C=O) groups is 1. The smallest absolute Gasteiger partial charge is 0.247 e. The monoisotopic (exact) mass is 437 g/mol. The minimum Gasteiger partial charge on any atom is -0.454 e. The first-order chi connectivity index (χ1) is 16.2. The van der Waals surface area contributed by atoms with E-state index < -0.39 is 0 Å². The third-order valence-electron chi connectivity index (χ3n) is 6.38. The van der Waals surface area contributed by atoms with Gasteiger partial charge in [0.2, 0.25) is 12.7 Å². The van der Waals surface area contributed by atoms with E-state index in [1.165, 1.54) is 10.9 Å². The van der Waals surface area contributed by atoms with Gasteiger partial charge in [-0.2, -0.15) is 0 Å². The number of aromatic nitrogens is 1. The van der Waals surface area contributed by atoms with Gasteiger partial charge < -0.3 is 25.1 Å². The van der Waals surface area contributed by atoms with Gasteiger partial charge in [-0.25, -0.2) is 0 Å². The predicted octanol–water partition coefficient (Wildman–Crippen LogP) is 4.67. The summed E-state index contributed by atoms with van der Waals surface area (Å²) < 4.78 is 11.1. The van der Waals surface area contributed by atoms with Crippen molar-refractivity contribution in [1.29, 1.82) is 0 Å². The van der Waals surface area contributed by atoms with Gasteiger partial charge in [0.1, 0.15) is 0 Å². The summed E-state index contributed by atoms with van der Waals surface area (Å²) in [4.78, 5) is 18.9. The highest BCUT2D eigenvalue weighted by molar-refractivity contribution is 5.93. The van der Waals surface area contributed by atoms with E-state index in [2.05, 4.69) is 23.2 Å². The fraction of sp³-hybridized carbons (Fsp3) is 0.148. The van der Waals surface area contributed by atoms with Crippen molar-refractivity contribution >= 4 is 28.6 Å². The van der Waals surface area contributed by atoms with Crippen molar-refractivity contribution in [2.45, 2.75) is 12.5 Å². The van der Waals surface area contributed by atoms with Crippen molar-refractivity contribution in [1.82, 2.24) is 9.88 Å². The van der Waals surface area contributed by atoms with Crippen molar-refractivity contribution in [2.24, 2.45) is 0 Å². The molecule has 0 saturated heterocycles. The normalized spacial score (nSPS) is 17.0. The molecule has 6 rings (SSSR count).